The van der Waals surface area contributed by atoms with Crippen LogP contribution in [0.1, 0.15) is 44.5 Å². The summed E-state index contributed by atoms with van der Waals surface area (Å²) >= 11 is 0. The van der Waals surface area contributed by atoms with Crippen molar-refractivity contribution < 1.29 is 14.4 Å². The monoisotopic (exact) mass is 426 g/mol. The molecule has 1 saturated carbocycles. The van der Waals surface area contributed by atoms with Crippen molar-refractivity contribution in [3.8, 4) is 0 Å². The van der Waals surface area contributed by atoms with Gasteiger partial charge in [0, 0.05) is 32.1 Å². The van der Waals surface area contributed by atoms with E-state index in [1.165, 1.54) is 0 Å². The number of amides is 3. The number of benzene rings is 1. The van der Waals surface area contributed by atoms with Crippen molar-refractivity contribution in [2.45, 2.75) is 39.7 Å². The highest BCUT2D eigenvalue weighted by Crippen LogP contribution is 2.42. The van der Waals surface area contributed by atoms with Crippen LogP contribution in [0.15, 0.2) is 24.3 Å². The molecule has 4 rings (SSSR count). The number of fused-ring (bicyclic) bond motifs is 2. The SMILES string of the molecule is CCN(CC)CCN1C(=O)[C@@H]2CN(C(=O)C3CC3C)C[C@]2(C)NC(=O)c2ccccc21. The van der Waals surface area contributed by atoms with Gasteiger partial charge in [-0.25, -0.2) is 0 Å². The molecular formula is C24H34N4O3. The number of likely N-dealkylation sites (N-methyl/N-ethyl adjacent to an activating group) is 1. The lowest BCUT2D eigenvalue weighted by Crippen LogP contribution is -2.59. The van der Waals surface area contributed by atoms with Crippen molar-refractivity contribution in [2.75, 3.05) is 44.2 Å². The lowest BCUT2D eigenvalue weighted by molar-refractivity contribution is -0.132. The number of hydrogen-bond acceptors (Lipinski definition) is 4. The molecule has 0 bridgehead atoms. The van der Waals surface area contributed by atoms with E-state index in [2.05, 4.69) is 31.0 Å². The van der Waals surface area contributed by atoms with Crippen LogP contribution in [0, 0.1) is 17.8 Å². The van der Waals surface area contributed by atoms with Crippen LogP contribution in [0.25, 0.3) is 0 Å². The second-order valence-electron chi connectivity index (χ2n) is 9.50. The number of carbonyl (C=O) groups is 3. The summed E-state index contributed by atoms with van der Waals surface area (Å²) in [6.07, 6.45) is 0.915. The molecule has 3 aliphatic rings. The maximum absolute atomic E-state index is 13.9. The Balaban J connectivity index is 1.67. The molecule has 7 heteroatoms. The van der Waals surface area contributed by atoms with Crippen LogP contribution in [0.2, 0.25) is 0 Å². The van der Waals surface area contributed by atoms with Crippen LogP contribution in [-0.4, -0.2) is 72.3 Å². The summed E-state index contributed by atoms with van der Waals surface area (Å²) in [6.45, 7) is 12.0. The van der Waals surface area contributed by atoms with Gasteiger partial charge in [-0.15, -0.1) is 0 Å². The zero-order chi connectivity index (χ0) is 22.3. The Bertz CT molecular complexity index is 883. The normalized spacial score (nSPS) is 29.9. The van der Waals surface area contributed by atoms with Crippen molar-refractivity contribution in [3.63, 3.8) is 0 Å². The third kappa shape index (κ3) is 3.95. The lowest BCUT2D eigenvalue weighted by atomic mass is 9.86. The number of anilines is 1. The molecule has 2 fully saturated rings. The minimum absolute atomic E-state index is 0.0127. The first-order chi connectivity index (χ1) is 14.8. The summed E-state index contributed by atoms with van der Waals surface area (Å²) in [6, 6.07) is 7.31. The van der Waals surface area contributed by atoms with E-state index in [0.717, 1.165) is 26.1 Å². The number of nitrogens with one attached hydrogen (secondary N) is 1. The van der Waals surface area contributed by atoms with E-state index in [4.69, 9.17) is 0 Å². The largest absolute Gasteiger partial charge is 0.344 e. The second kappa shape index (κ2) is 8.26. The molecule has 3 amide bonds. The fourth-order valence-electron chi connectivity index (χ4n) is 5.09. The molecule has 1 aromatic rings. The fraction of sp³-hybridized carbons (Fsp3) is 0.625. The lowest BCUT2D eigenvalue weighted by Gasteiger charge is -2.38. The molecule has 2 unspecified atom stereocenters. The molecule has 4 atom stereocenters. The van der Waals surface area contributed by atoms with Gasteiger partial charge in [0.25, 0.3) is 5.91 Å². The maximum atomic E-state index is 13.9. The third-order valence-electron chi connectivity index (χ3n) is 7.37. The predicted octanol–water partition coefficient (Wildman–Crippen LogP) is 1.98. The van der Waals surface area contributed by atoms with Crippen LogP contribution in [0.4, 0.5) is 5.69 Å². The Labute approximate surface area is 184 Å². The molecule has 2 heterocycles. The van der Waals surface area contributed by atoms with Gasteiger partial charge in [0.05, 0.1) is 22.7 Å². The van der Waals surface area contributed by atoms with Crippen molar-refractivity contribution in [2.24, 2.45) is 17.8 Å². The Kier molecular flexibility index (Phi) is 5.81. The average molecular weight is 427 g/mol. The molecule has 0 spiro atoms. The number of para-hydroxylation sites is 1. The number of carbonyl (C=O) groups excluding carboxylic acids is 3. The summed E-state index contributed by atoms with van der Waals surface area (Å²) in [4.78, 5) is 45.9. The van der Waals surface area contributed by atoms with Crippen molar-refractivity contribution in [1.82, 2.24) is 15.1 Å². The molecule has 1 aliphatic carbocycles. The highest BCUT2D eigenvalue weighted by molar-refractivity contribution is 6.08. The highest BCUT2D eigenvalue weighted by Gasteiger charge is 2.54. The van der Waals surface area contributed by atoms with E-state index >= 15 is 0 Å². The van der Waals surface area contributed by atoms with Crippen LogP contribution in [0.3, 0.4) is 0 Å². The Morgan fingerprint density at radius 3 is 2.55 bits per heavy atom. The first-order valence-electron chi connectivity index (χ1n) is 11.5. The fourth-order valence-corrected chi connectivity index (χ4v) is 5.09. The zero-order valence-corrected chi connectivity index (χ0v) is 19.1. The summed E-state index contributed by atoms with van der Waals surface area (Å²) in [7, 11) is 0. The standard InChI is InChI=1S/C24H34N4O3/c1-5-26(6-2)11-12-28-20-10-8-7-9-17(20)21(29)25-24(4)15-27(14-19(24)23(28)31)22(30)18-13-16(18)3/h7-10,16,18-19H,5-6,11-15H2,1-4H3,(H,25,29)/t16?,18?,19-,24-/m0/s1. The number of hydrogen-bond donors (Lipinski definition) is 1. The molecule has 2 aliphatic heterocycles. The average Bonchev–Trinajstić information content (AvgIpc) is 3.39. The second-order valence-corrected chi connectivity index (χ2v) is 9.50. The molecule has 31 heavy (non-hydrogen) atoms. The first-order valence-corrected chi connectivity index (χ1v) is 11.5. The van der Waals surface area contributed by atoms with E-state index in [1.807, 2.05) is 25.1 Å². The van der Waals surface area contributed by atoms with Crippen LogP contribution in [0.5, 0.6) is 0 Å². The topological polar surface area (TPSA) is 73.0 Å². The minimum atomic E-state index is -0.775. The minimum Gasteiger partial charge on any atom is -0.344 e. The van der Waals surface area contributed by atoms with Gasteiger partial charge in [-0.3, -0.25) is 14.4 Å². The van der Waals surface area contributed by atoms with Crippen molar-refractivity contribution >= 4 is 23.4 Å². The van der Waals surface area contributed by atoms with Crippen LogP contribution in [-0.2, 0) is 9.59 Å². The Morgan fingerprint density at radius 2 is 1.90 bits per heavy atom. The van der Waals surface area contributed by atoms with E-state index in [1.54, 1.807) is 15.9 Å². The molecule has 0 aromatic heterocycles. The van der Waals surface area contributed by atoms with Crippen LogP contribution >= 0.6 is 0 Å². The van der Waals surface area contributed by atoms with Gasteiger partial charge in [0.2, 0.25) is 11.8 Å². The molecule has 168 valence electrons. The molecule has 7 nitrogen and oxygen atoms in total. The van der Waals surface area contributed by atoms with E-state index < -0.39 is 11.5 Å². The molecule has 1 saturated heterocycles. The molecular weight excluding hydrogens is 392 g/mol. The van der Waals surface area contributed by atoms with Crippen LogP contribution < -0.4 is 10.2 Å². The Morgan fingerprint density at radius 1 is 1.23 bits per heavy atom. The quantitative estimate of drug-likeness (QED) is 0.755. The van der Waals surface area contributed by atoms with Gasteiger partial charge < -0.3 is 20.0 Å². The smallest absolute Gasteiger partial charge is 0.253 e. The van der Waals surface area contributed by atoms with Crippen molar-refractivity contribution in [1.29, 1.82) is 0 Å². The van der Waals surface area contributed by atoms with Gasteiger partial charge in [-0.1, -0.05) is 32.9 Å². The van der Waals surface area contributed by atoms with Gasteiger partial charge in [-0.05, 0) is 44.5 Å². The van der Waals surface area contributed by atoms with E-state index in [0.29, 0.717) is 36.8 Å². The predicted molar refractivity (Wildman–Crippen MR) is 120 cm³/mol. The molecule has 1 N–H and O–H groups in total. The summed E-state index contributed by atoms with van der Waals surface area (Å²) < 4.78 is 0. The van der Waals surface area contributed by atoms with E-state index in [-0.39, 0.29) is 23.6 Å². The molecule has 1 aromatic carbocycles. The van der Waals surface area contributed by atoms with Gasteiger partial charge in [0.15, 0.2) is 0 Å². The summed E-state index contributed by atoms with van der Waals surface area (Å²) in [5, 5.41) is 3.12. The summed E-state index contributed by atoms with van der Waals surface area (Å²) in [5.74, 6) is -0.0588. The van der Waals surface area contributed by atoms with Crippen molar-refractivity contribution in [3.05, 3.63) is 29.8 Å². The maximum Gasteiger partial charge on any atom is 0.253 e. The number of likely N-dealkylation sites (tertiary alicyclic amines) is 1. The number of rotatable bonds is 6. The zero-order valence-electron chi connectivity index (χ0n) is 19.1. The van der Waals surface area contributed by atoms with Gasteiger partial charge >= 0.3 is 0 Å². The molecule has 0 radical (unpaired) electrons. The third-order valence-corrected chi connectivity index (χ3v) is 7.37. The van der Waals surface area contributed by atoms with Gasteiger partial charge in [-0.2, -0.15) is 0 Å². The first kappa shape index (κ1) is 21.8. The number of nitrogens with zero attached hydrogens (tertiary/aromatic N) is 3. The Hall–Kier alpha value is -2.41. The summed E-state index contributed by atoms with van der Waals surface area (Å²) in [5.41, 5.74) is 0.388. The van der Waals surface area contributed by atoms with Gasteiger partial charge in [0.1, 0.15) is 0 Å². The van der Waals surface area contributed by atoms with E-state index in [9.17, 15) is 14.4 Å². The highest BCUT2D eigenvalue weighted by atomic mass is 16.2.